The topological polar surface area (TPSA) is 59.8 Å². The molecule has 0 saturated heterocycles. The molecule has 3 rings (SSSR count). The number of aryl methyl sites for hydroxylation is 1. The van der Waals surface area contributed by atoms with Crippen molar-refractivity contribution in [1.29, 1.82) is 0 Å². The number of carbonyl (C=O) groups is 1. The third kappa shape index (κ3) is 3.81. The Kier molecular flexibility index (Phi) is 5.00. The Balaban J connectivity index is 1.58. The number of hydrogen-bond acceptors (Lipinski definition) is 4. The second-order valence-electron chi connectivity index (χ2n) is 5.21. The Labute approximate surface area is 138 Å². The number of amides is 1. The van der Waals surface area contributed by atoms with Gasteiger partial charge in [-0.15, -0.1) is 10.2 Å². The summed E-state index contributed by atoms with van der Waals surface area (Å²) in [7, 11) is 0. The molecule has 5 nitrogen and oxygen atoms in total. The summed E-state index contributed by atoms with van der Waals surface area (Å²) >= 11 is 7.33. The largest absolute Gasteiger partial charge is 0.325 e. The lowest BCUT2D eigenvalue weighted by Crippen LogP contribution is -2.14. The number of aromatic nitrogens is 3. The van der Waals surface area contributed by atoms with Gasteiger partial charge >= 0.3 is 0 Å². The molecule has 1 N–H and O–H groups in total. The third-order valence-corrected chi connectivity index (χ3v) is 4.72. The maximum absolute atomic E-state index is 12.0. The number of halogens is 1. The van der Waals surface area contributed by atoms with Crippen LogP contribution in [0.3, 0.4) is 0 Å². The molecular formula is C15H17ClN4OS. The number of nitrogens with one attached hydrogen (secondary N) is 1. The van der Waals surface area contributed by atoms with Crippen molar-refractivity contribution in [2.75, 3.05) is 11.1 Å². The van der Waals surface area contributed by atoms with E-state index in [1.807, 2.05) is 12.1 Å². The molecule has 2 heterocycles. The van der Waals surface area contributed by atoms with E-state index in [2.05, 4.69) is 20.1 Å². The van der Waals surface area contributed by atoms with E-state index in [1.165, 1.54) is 18.2 Å². The Bertz CT molecular complexity index is 673. The zero-order chi connectivity index (χ0) is 15.4. The number of nitrogens with zero attached hydrogens (tertiary/aromatic N) is 3. The van der Waals surface area contributed by atoms with Crippen molar-refractivity contribution in [3.63, 3.8) is 0 Å². The molecule has 1 aromatic heterocycles. The number of fused-ring (bicyclic) bond motifs is 1. The Morgan fingerprint density at radius 1 is 1.32 bits per heavy atom. The highest BCUT2D eigenvalue weighted by Gasteiger charge is 2.16. The van der Waals surface area contributed by atoms with Crippen molar-refractivity contribution in [2.24, 2.45) is 0 Å². The van der Waals surface area contributed by atoms with Crippen molar-refractivity contribution >= 4 is 35.0 Å². The van der Waals surface area contributed by atoms with E-state index in [0.717, 1.165) is 36.8 Å². The number of thioether (sulfide) groups is 1. The average Bonchev–Trinajstić information content (AvgIpc) is 2.72. The summed E-state index contributed by atoms with van der Waals surface area (Å²) in [6.07, 6.45) is 4.51. The Morgan fingerprint density at radius 2 is 2.23 bits per heavy atom. The molecule has 1 aliphatic rings. The predicted molar refractivity (Wildman–Crippen MR) is 88.4 cm³/mol. The van der Waals surface area contributed by atoms with E-state index in [9.17, 15) is 4.79 Å². The summed E-state index contributed by atoms with van der Waals surface area (Å²) in [6, 6.07) is 7.13. The molecule has 1 aromatic carbocycles. The molecule has 0 aliphatic carbocycles. The average molecular weight is 337 g/mol. The molecule has 7 heteroatoms. The number of hydrogen-bond donors (Lipinski definition) is 1. The molecule has 1 amide bonds. The number of rotatable bonds is 4. The molecular weight excluding hydrogens is 320 g/mol. The van der Waals surface area contributed by atoms with Crippen molar-refractivity contribution in [1.82, 2.24) is 14.8 Å². The maximum Gasteiger partial charge on any atom is 0.234 e. The molecule has 22 heavy (non-hydrogen) atoms. The van der Waals surface area contributed by atoms with Gasteiger partial charge in [-0.3, -0.25) is 4.79 Å². The van der Waals surface area contributed by atoms with Gasteiger partial charge in [0.05, 0.1) is 5.75 Å². The SMILES string of the molecule is O=C(CSc1nnc2n1CCCCC2)Nc1cccc(Cl)c1. The van der Waals surface area contributed by atoms with Crippen LogP contribution in [-0.2, 0) is 17.8 Å². The molecule has 0 unspecified atom stereocenters. The highest BCUT2D eigenvalue weighted by atomic mass is 35.5. The maximum atomic E-state index is 12.0. The van der Waals surface area contributed by atoms with Gasteiger partial charge in [-0.05, 0) is 31.0 Å². The van der Waals surface area contributed by atoms with Crippen LogP contribution in [0.25, 0.3) is 0 Å². The van der Waals surface area contributed by atoms with Crippen LogP contribution in [0.4, 0.5) is 5.69 Å². The van der Waals surface area contributed by atoms with Crippen LogP contribution < -0.4 is 5.32 Å². The lowest BCUT2D eigenvalue weighted by Gasteiger charge is -2.07. The fraction of sp³-hybridized carbons (Fsp3) is 0.400. The lowest BCUT2D eigenvalue weighted by atomic mass is 10.2. The molecule has 0 fully saturated rings. The van der Waals surface area contributed by atoms with Gasteiger partial charge in [0.2, 0.25) is 5.91 Å². The van der Waals surface area contributed by atoms with Gasteiger partial charge in [0.25, 0.3) is 0 Å². The van der Waals surface area contributed by atoms with E-state index in [4.69, 9.17) is 11.6 Å². The number of carbonyl (C=O) groups excluding carboxylic acids is 1. The summed E-state index contributed by atoms with van der Waals surface area (Å²) in [5.41, 5.74) is 0.707. The van der Waals surface area contributed by atoms with Crippen molar-refractivity contribution < 1.29 is 4.79 Å². The zero-order valence-electron chi connectivity index (χ0n) is 12.1. The minimum Gasteiger partial charge on any atom is -0.325 e. The van der Waals surface area contributed by atoms with Crippen LogP contribution in [0.2, 0.25) is 5.02 Å². The Hall–Kier alpha value is -1.53. The summed E-state index contributed by atoms with van der Waals surface area (Å²) in [4.78, 5) is 12.0. The molecule has 0 saturated carbocycles. The fourth-order valence-electron chi connectivity index (χ4n) is 2.46. The first-order valence-electron chi connectivity index (χ1n) is 7.33. The summed E-state index contributed by atoms with van der Waals surface area (Å²) in [6.45, 7) is 0.945. The molecule has 0 atom stereocenters. The minimum atomic E-state index is -0.0711. The van der Waals surface area contributed by atoms with Gasteiger partial charge in [0.15, 0.2) is 5.16 Å². The lowest BCUT2D eigenvalue weighted by molar-refractivity contribution is -0.113. The first kappa shape index (κ1) is 15.4. The highest BCUT2D eigenvalue weighted by molar-refractivity contribution is 7.99. The number of anilines is 1. The monoisotopic (exact) mass is 336 g/mol. The molecule has 0 radical (unpaired) electrons. The van der Waals surface area contributed by atoms with E-state index in [-0.39, 0.29) is 5.91 Å². The van der Waals surface area contributed by atoms with Crippen LogP contribution in [-0.4, -0.2) is 26.4 Å². The molecule has 1 aliphatic heterocycles. The van der Waals surface area contributed by atoms with E-state index in [1.54, 1.807) is 12.1 Å². The van der Waals surface area contributed by atoms with Crippen LogP contribution in [0.1, 0.15) is 25.1 Å². The predicted octanol–water partition coefficient (Wildman–Crippen LogP) is 3.39. The van der Waals surface area contributed by atoms with Crippen molar-refractivity contribution in [2.45, 2.75) is 37.4 Å². The Morgan fingerprint density at radius 3 is 3.09 bits per heavy atom. The van der Waals surface area contributed by atoms with Crippen molar-refractivity contribution in [3.8, 4) is 0 Å². The second-order valence-corrected chi connectivity index (χ2v) is 6.59. The van der Waals surface area contributed by atoms with Crippen LogP contribution >= 0.6 is 23.4 Å². The zero-order valence-corrected chi connectivity index (χ0v) is 13.7. The van der Waals surface area contributed by atoms with Gasteiger partial charge in [0.1, 0.15) is 5.82 Å². The normalized spacial score (nSPS) is 14.2. The first-order valence-corrected chi connectivity index (χ1v) is 8.69. The first-order chi connectivity index (χ1) is 10.7. The highest BCUT2D eigenvalue weighted by Crippen LogP contribution is 2.22. The van der Waals surface area contributed by atoms with E-state index < -0.39 is 0 Å². The van der Waals surface area contributed by atoms with Gasteiger partial charge in [-0.2, -0.15) is 0 Å². The smallest absolute Gasteiger partial charge is 0.234 e. The van der Waals surface area contributed by atoms with E-state index >= 15 is 0 Å². The van der Waals surface area contributed by atoms with Crippen LogP contribution in [0, 0.1) is 0 Å². The molecule has 2 aromatic rings. The summed E-state index contributed by atoms with van der Waals surface area (Å²) in [5.74, 6) is 1.28. The van der Waals surface area contributed by atoms with E-state index in [0.29, 0.717) is 16.5 Å². The molecule has 0 bridgehead atoms. The van der Waals surface area contributed by atoms with Gasteiger partial charge in [0, 0.05) is 23.7 Å². The quantitative estimate of drug-likeness (QED) is 0.869. The molecule has 116 valence electrons. The number of benzene rings is 1. The van der Waals surface area contributed by atoms with Gasteiger partial charge in [-0.1, -0.05) is 35.9 Å². The fourth-order valence-corrected chi connectivity index (χ4v) is 3.43. The minimum absolute atomic E-state index is 0.0711. The summed E-state index contributed by atoms with van der Waals surface area (Å²) < 4.78 is 2.14. The standard InChI is InChI=1S/C15H17ClN4OS/c16-11-5-4-6-12(9-11)17-14(21)10-22-15-19-18-13-7-2-1-3-8-20(13)15/h4-6,9H,1-3,7-8,10H2,(H,17,21). The second kappa shape index (κ2) is 7.15. The molecule has 0 spiro atoms. The third-order valence-electron chi connectivity index (χ3n) is 3.52. The van der Waals surface area contributed by atoms with Crippen molar-refractivity contribution in [3.05, 3.63) is 35.1 Å². The summed E-state index contributed by atoms with van der Waals surface area (Å²) in [5, 5.41) is 12.7. The van der Waals surface area contributed by atoms with Gasteiger partial charge < -0.3 is 9.88 Å². The van der Waals surface area contributed by atoms with Crippen LogP contribution in [0.5, 0.6) is 0 Å². The van der Waals surface area contributed by atoms with Crippen LogP contribution in [0.15, 0.2) is 29.4 Å². The van der Waals surface area contributed by atoms with Gasteiger partial charge in [-0.25, -0.2) is 0 Å².